The zero-order valence-electron chi connectivity index (χ0n) is 57.6. The van der Waals surface area contributed by atoms with Gasteiger partial charge in [-0.2, -0.15) is 0 Å². The van der Waals surface area contributed by atoms with Gasteiger partial charge in [-0.05, 0) is 71.6 Å². The van der Waals surface area contributed by atoms with E-state index in [0.29, 0.717) is 25.1 Å². The summed E-state index contributed by atoms with van der Waals surface area (Å²) in [6, 6.07) is -9.77. The van der Waals surface area contributed by atoms with Gasteiger partial charge in [0.25, 0.3) is 41.4 Å². The van der Waals surface area contributed by atoms with Crippen molar-refractivity contribution in [3.05, 3.63) is 0 Å². The number of guanidine groups is 1. The molecule has 0 aromatic heterocycles. The van der Waals surface area contributed by atoms with Crippen LogP contribution >= 0.6 is 0 Å². The lowest BCUT2D eigenvalue weighted by molar-refractivity contribution is -0.138. The van der Waals surface area contributed by atoms with Gasteiger partial charge in [-0.25, -0.2) is 0 Å². The zero-order chi connectivity index (χ0) is 77.1. The average Bonchev–Trinajstić information content (AvgIpc) is 0.853. The summed E-state index contributed by atoms with van der Waals surface area (Å²) in [4.78, 5) is 251. The number of carbonyl (C=O) groups excluding carboxylic acids is 19. The summed E-state index contributed by atoms with van der Waals surface area (Å²) in [7, 11) is 0. The van der Waals surface area contributed by atoms with Crippen LogP contribution in [0.5, 0.6) is 0 Å². The molecule has 0 aliphatic heterocycles. The number of aliphatic imine (C=N–C) groups is 1. The lowest BCUT2D eigenvalue weighted by Gasteiger charge is -2.34. The van der Waals surface area contributed by atoms with Crippen LogP contribution in [0.3, 0.4) is 0 Å². The van der Waals surface area contributed by atoms with Gasteiger partial charge in [0.15, 0.2) is 43.0 Å². The van der Waals surface area contributed by atoms with Gasteiger partial charge in [0, 0.05) is 32.4 Å². The lowest BCUT2D eigenvalue weighted by Crippen LogP contribution is -2.70. The van der Waals surface area contributed by atoms with E-state index < -0.39 is 201 Å². The molecule has 0 aromatic rings. The Hall–Kier alpha value is -9.60. The highest BCUT2D eigenvalue weighted by Crippen LogP contribution is 2.08. The fraction of sp³-hybridized carbons (Fsp3) is 0.655. The normalized spacial score (nSPS) is 15.9. The molecule has 0 aliphatic rings. The maximum absolute atomic E-state index is 14.9. The van der Waals surface area contributed by atoms with Crippen molar-refractivity contribution in [3.8, 4) is 0 Å². The van der Waals surface area contributed by atoms with Crippen molar-refractivity contribution in [2.45, 2.75) is 211 Å². The summed E-state index contributed by atoms with van der Waals surface area (Å²) in [5.41, 5.74) is 21.6. The number of nitrogens with two attached hydrogens (primary N) is 4. The maximum atomic E-state index is 14.9. The lowest BCUT2D eigenvalue weighted by atomic mass is 10.0. The molecule has 1 unspecified atom stereocenters. The Morgan fingerprint density at radius 2 is 0.822 bits per heavy atom. The fourth-order valence-corrected chi connectivity index (χ4v) is 8.61. The van der Waals surface area contributed by atoms with Gasteiger partial charge >= 0.3 is 0 Å². The standard InChI is InChI=1S/C58H101N23O20/c1-28(2)21-37(26-88)73-47(56(100)76-43(67-31(7)22-84)52(96)68-32(8)49(93)66-30(5)6)80-54(98)46(72-36(25-87)13-15-40(60)92)79-53(97)44(70-34(23-85)11-10-16-65-58(61)62)78-51(95)42(64-18-20-83)75-57(101)48(74-38(27-89)29(3)4)81-55(99)45(71-35(24-86)12-14-39(59)91)77-50(94)41(63-17-19-82)69-33(9)90/h19-20,22-32,34-38,41-48,56,63-64,67,70-74,76,100H,10-18,21H2,1-9H3,(H2,59,91)(H2,60,92)(H,66,93)(H,68,96)(H,69,90)(H,75,101)(H,77,94)(H,78,95)(H,79,97)(H,80,98)(H,81,99)(H4,61,62,65)/t31-,32-,34+,35+,36+,37+,38-,41+,42-,43-,44-,45-,46-,47-,48+,56?/m0/s1. The molecule has 16 atom stereocenters. The Labute approximate surface area is 582 Å². The minimum atomic E-state index is -2.29. The fourth-order valence-electron chi connectivity index (χ4n) is 8.61. The van der Waals surface area contributed by atoms with E-state index in [-0.39, 0.29) is 75.3 Å². The van der Waals surface area contributed by atoms with E-state index in [9.17, 15) is 96.2 Å². The van der Waals surface area contributed by atoms with Crippen LogP contribution in [0, 0.1) is 11.8 Å². The number of rotatable bonds is 57. The van der Waals surface area contributed by atoms with Gasteiger partial charge in [0.05, 0.1) is 49.3 Å². The minimum absolute atomic E-state index is 0.00000117. The van der Waals surface area contributed by atoms with E-state index in [4.69, 9.17) is 22.9 Å². The number of primary amides is 2. The van der Waals surface area contributed by atoms with E-state index in [1.54, 1.807) is 27.7 Å². The summed E-state index contributed by atoms with van der Waals surface area (Å²) >= 11 is 0. The van der Waals surface area contributed by atoms with Gasteiger partial charge in [0.1, 0.15) is 74.9 Å². The van der Waals surface area contributed by atoms with Crippen LogP contribution in [0.2, 0.25) is 0 Å². The molecule has 0 rings (SSSR count). The van der Waals surface area contributed by atoms with Gasteiger partial charge < -0.3 is 114 Å². The molecule has 27 N–H and O–H groups in total. The molecule has 43 nitrogen and oxygen atoms in total. The smallest absolute Gasteiger partial charge is 0.259 e. The molecule has 43 heteroatoms. The predicted octanol–water partition coefficient (Wildman–Crippen LogP) is -12.8. The van der Waals surface area contributed by atoms with Crippen LogP contribution in [0.4, 0.5) is 0 Å². The topological polar surface area (TPSA) is 678 Å². The first-order valence-electron chi connectivity index (χ1n) is 31.9. The van der Waals surface area contributed by atoms with Crippen LogP contribution in [-0.4, -0.2) is 250 Å². The molecule has 0 aromatic carbocycles. The largest absolute Gasteiger partial charge is 0.375 e. The quantitative estimate of drug-likeness (QED) is 0.00884. The van der Waals surface area contributed by atoms with Crippen molar-refractivity contribution >= 4 is 121 Å². The zero-order valence-corrected chi connectivity index (χ0v) is 57.6. The molecule has 0 saturated heterocycles. The highest BCUT2D eigenvalue weighted by Gasteiger charge is 2.38. The molecule has 0 spiro atoms. The van der Waals surface area contributed by atoms with Gasteiger partial charge in [0.2, 0.25) is 23.6 Å². The second-order valence-corrected chi connectivity index (χ2v) is 23.8. The monoisotopic (exact) mass is 1440 g/mol. The first-order chi connectivity index (χ1) is 47.5. The number of carbonyl (C=O) groups is 19. The minimum Gasteiger partial charge on any atom is -0.375 e. The molecular weight excluding hydrogens is 1340 g/mol. The number of aldehydes is 8. The second-order valence-electron chi connectivity index (χ2n) is 23.8. The molecule has 101 heavy (non-hydrogen) atoms. The van der Waals surface area contributed by atoms with E-state index >= 15 is 0 Å². The molecule has 0 fully saturated rings. The van der Waals surface area contributed by atoms with Gasteiger partial charge in [-0.3, -0.25) is 106 Å². The summed E-state index contributed by atoms with van der Waals surface area (Å²) in [5.74, 6) is -14.1. The highest BCUT2D eigenvalue weighted by atomic mass is 16.3. The molecular formula is C58H101N23O20. The number of amides is 11. The van der Waals surface area contributed by atoms with Crippen LogP contribution < -0.4 is 119 Å². The van der Waals surface area contributed by atoms with E-state index in [1.165, 1.54) is 27.7 Å². The second kappa shape index (κ2) is 49.8. The molecule has 568 valence electrons. The average molecular weight is 1440 g/mol. The third-order valence-corrected chi connectivity index (χ3v) is 13.7. The van der Waals surface area contributed by atoms with Crippen molar-refractivity contribution in [2.75, 3.05) is 19.6 Å². The van der Waals surface area contributed by atoms with Crippen molar-refractivity contribution in [3.63, 3.8) is 0 Å². The summed E-state index contributed by atoms with van der Waals surface area (Å²) in [5, 5.41) is 55.2. The Balaban J connectivity index is 8.27. The Morgan fingerprint density at radius 1 is 0.416 bits per heavy atom. The Kier molecular flexibility index (Phi) is 45.1. The third-order valence-electron chi connectivity index (χ3n) is 13.7. The number of aliphatic hydroxyl groups is 1. The first kappa shape index (κ1) is 91.4. The molecule has 0 aliphatic carbocycles. The van der Waals surface area contributed by atoms with E-state index in [0.717, 1.165) is 6.92 Å². The maximum Gasteiger partial charge on any atom is 0.259 e. The number of aliphatic hydroxyl groups excluding tert-OH is 1. The summed E-state index contributed by atoms with van der Waals surface area (Å²) in [6.45, 7) is 12.0. The Bertz CT molecular complexity index is 2820. The molecule has 0 bridgehead atoms. The van der Waals surface area contributed by atoms with Crippen LogP contribution in [-0.2, 0) is 91.1 Å². The number of hydrogen-bond donors (Lipinski definition) is 23. The predicted molar refractivity (Wildman–Crippen MR) is 356 cm³/mol. The van der Waals surface area contributed by atoms with Crippen molar-refractivity contribution < 1.29 is 96.2 Å². The molecule has 0 radical (unpaired) electrons. The van der Waals surface area contributed by atoms with Crippen molar-refractivity contribution in [2.24, 2.45) is 39.8 Å². The van der Waals surface area contributed by atoms with Crippen molar-refractivity contribution in [1.82, 2.24) is 95.7 Å². The van der Waals surface area contributed by atoms with E-state index in [1.807, 2.05) is 0 Å². The van der Waals surface area contributed by atoms with Crippen LogP contribution in [0.15, 0.2) is 4.99 Å². The van der Waals surface area contributed by atoms with Gasteiger partial charge in [-0.1, -0.05) is 27.7 Å². The molecule has 0 heterocycles. The third kappa shape index (κ3) is 38.5. The van der Waals surface area contributed by atoms with Crippen LogP contribution in [0.25, 0.3) is 0 Å². The number of hydrogen-bond acceptors (Lipinski definition) is 30. The molecule has 11 amide bonds. The molecule has 0 saturated carbocycles. The Morgan fingerprint density at radius 3 is 1.20 bits per heavy atom. The number of nitrogens with zero attached hydrogens (tertiary/aromatic N) is 1. The number of nitrogens with one attached hydrogen (secondary N) is 18. The first-order valence-corrected chi connectivity index (χ1v) is 31.9. The summed E-state index contributed by atoms with van der Waals surface area (Å²) in [6.07, 6.45) is -18.4. The SMILES string of the molecule is CC(=O)N[C@@H](NCC=O)C(=O)N[C@H](N[C@@H](C=O)CCC(N)=O)C(=O)N[C@@H](N[C@@H](C=O)C(C)C)C(=O)N[C@H](NCC=O)C(=O)N[C@H](N[C@@H](C=O)CCCN=C(N)N)C(=O)N[C@H](N[C@@H](C=O)CCC(N)=O)C(=O)N[C@H](N[C@@H](C=O)CC(C)C)C(O)N[C@H](N[C@@H](C)C=O)C(=O)N[C@@H](C)C(=O)NC(C)C. The summed E-state index contributed by atoms with van der Waals surface area (Å²) < 4.78 is 0. The van der Waals surface area contributed by atoms with E-state index in [2.05, 4.69) is 101 Å². The highest BCUT2D eigenvalue weighted by molar-refractivity contribution is 5.97. The van der Waals surface area contributed by atoms with Crippen molar-refractivity contribution in [1.29, 1.82) is 0 Å². The van der Waals surface area contributed by atoms with Gasteiger partial charge in [-0.15, -0.1) is 0 Å². The van der Waals surface area contributed by atoms with Crippen LogP contribution in [0.1, 0.15) is 107 Å².